The molecule has 5 rings (SSSR count). The van der Waals surface area contributed by atoms with Crippen molar-refractivity contribution in [3.63, 3.8) is 0 Å². The molecule has 7 nitrogen and oxygen atoms in total. The van der Waals surface area contributed by atoms with Crippen LogP contribution in [0.5, 0.6) is 0 Å². The van der Waals surface area contributed by atoms with Crippen LogP contribution in [-0.2, 0) is 34.0 Å². The molecule has 0 saturated carbocycles. The number of pyridine rings is 1. The van der Waals surface area contributed by atoms with Gasteiger partial charge < -0.3 is 19.7 Å². The fourth-order valence-electron chi connectivity index (χ4n) is 5.13. The number of benzene rings is 3. The second kappa shape index (κ2) is 14.7. The van der Waals surface area contributed by atoms with E-state index in [1.165, 1.54) is 5.56 Å². The SMILES string of the molecule is CC(C)N(Cc1cc[n+](Cc2ccccc2)cc1)C(=O)CC1C(=O)N(Cc2ccccc2)c2ccccc21.O=C([O-])C(F)(F)F. The maximum atomic E-state index is 13.6. The molecule has 1 aromatic heterocycles. The number of alkyl halides is 3. The summed E-state index contributed by atoms with van der Waals surface area (Å²) in [5.74, 6) is -3.48. The maximum absolute atomic E-state index is 13.6. The molecule has 2 heterocycles. The summed E-state index contributed by atoms with van der Waals surface area (Å²) in [6, 6.07) is 32.4. The molecule has 10 heteroatoms. The third-order valence-corrected chi connectivity index (χ3v) is 7.43. The summed E-state index contributed by atoms with van der Waals surface area (Å²) < 4.78 is 33.7. The first-order valence-electron chi connectivity index (χ1n) is 14.5. The van der Waals surface area contributed by atoms with Crippen LogP contribution in [0.1, 0.15) is 48.4 Å². The fraction of sp³-hybridized carbons (Fsp3) is 0.257. The Balaban J connectivity index is 0.000000591. The van der Waals surface area contributed by atoms with Crippen molar-refractivity contribution in [2.24, 2.45) is 0 Å². The second-order valence-corrected chi connectivity index (χ2v) is 11.0. The van der Waals surface area contributed by atoms with E-state index in [4.69, 9.17) is 9.90 Å². The summed E-state index contributed by atoms with van der Waals surface area (Å²) in [6.45, 7) is 5.88. The lowest BCUT2D eigenvalue weighted by molar-refractivity contribution is -0.688. The number of hydrogen-bond donors (Lipinski definition) is 0. The van der Waals surface area contributed by atoms with Gasteiger partial charge in [0.05, 0.1) is 12.5 Å². The van der Waals surface area contributed by atoms with Gasteiger partial charge in [0.2, 0.25) is 11.8 Å². The Bertz CT molecular complexity index is 1590. The van der Waals surface area contributed by atoms with E-state index in [0.717, 1.165) is 28.9 Å². The Labute approximate surface area is 260 Å². The number of anilines is 1. The molecule has 45 heavy (non-hydrogen) atoms. The summed E-state index contributed by atoms with van der Waals surface area (Å²) in [6.07, 6.45) is -0.910. The quantitative estimate of drug-likeness (QED) is 0.253. The molecule has 1 aliphatic rings. The molecule has 0 fully saturated rings. The maximum Gasteiger partial charge on any atom is 0.430 e. The molecule has 1 unspecified atom stereocenters. The molecule has 0 bridgehead atoms. The van der Waals surface area contributed by atoms with Crippen LogP contribution >= 0.6 is 0 Å². The van der Waals surface area contributed by atoms with Crippen LogP contribution < -0.4 is 14.6 Å². The van der Waals surface area contributed by atoms with Gasteiger partial charge in [0.1, 0.15) is 5.97 Å². The number of carbonyl (C=O) groups is 3. The molecular weight excluding hydrogens is 583 g/mol. The van der Waals surface area contributed by atoms with Crippen molar-refractivity contribution in [2.75, 3.05) is 4.90 Å². The van der Waals surface area contributed by atoms with Crippen molar-refractivity contribution < 1.29 is 37.2 Å². The molecule has 0 N–H and O–H groups in total. The highest BCUT2D eigenvalue weighted by Gasteiger charge is 2.39. The minimum Gasteiger partial charge on any atom is -0.542 e. The number of carboxylic acids is 1. The van der Waals surface area contributed by atoms with Crippen molar-refractivity contribution in [1.29, 1.82) is 0 Å². The van der Waals surface area contributed by atoms with Gasteiger partial charge in [-0.05, 0) is 36.6 Å². The molecule has 0 radical (unpaired) electrons. The number of amides is 2. The number of carbonyl (C=O) groups excluding carboxylic acids is 3. The van der Waals surface area contributed by atoms with Gasteiger partial charge in [0.15, 0.2) is 18.9 Å². The van der Waals surface area contributed by atoms with Gasteiger partial charge in [0.25, 0.3) is 0 Å². The van der Waals surface area contributed by atoms with Crippen molar-refractivity contribution in [2.45, 2.75) is 58.0 Å². The first-order chi connectivity index (χ1) is 21.4. The van der Waals surface area contributed by atoms with Crippen LogP contribution in [0.25, 0.3) is 0 Å². The summed E-state index contributed by atoms with van der Waals surface area (Å²) in [5.41, 5.74) is 5.22. The minimum atomic E-state index is -5.19. The first-order valence-corrected chi connectivity index (χ1v) is 14.5. The third-order valence-electron chi connectivity index (χ3n) is 7.43. The molecule has 3 aromatic carbocycles. The van der Waals surface area contributed by atoms with Gasteiger partial charge in [-0.2, -0.15) is 13.2 Å². The van der Waals surface area contributed by atoms with E-state index >= 15 is 0 Å². The van der Waals surface area contributed by atoms with Crippen molar-refractivity contribution in [1.82, 2.24) is 4.90 Å². The molecule has 0 saturated heterocycles. The van der Waals surface area contributed by atoms with Crippen molar-refractivity contribution >= 4 is 23.5 Å². The van der Waals surface area contributed by atoms with Gasteiger partial charge in [0, 0.05) is 42.4 Å². The monoisotopic (exact) mass is 617 g/mol. The Morgan fingerprint density at radius 3 is 1.93 bits per heavy atom. The molecular formula is C35H34F3N3O4. The van der Waals surface area contributed by atoms with E-state index in [1.807, 2.05) is 96.4 Å². The number of aliphatic carboxylic acids is 1. The van der Waals surface area contributed by atoms with Crippen molar-refractivity contribution in [3.8, 4) is 0 Å². The first kappa shape index (κ1) is 32.9. The number of fused-ring (bicyclic) bond motifs is 1. The molecule has 4 aromatic rings. The molecule has 0 aliphatic carbocycles. The Morgan fingerprint density at radius 1 is 0.844 bits per heavy atom. The Kier molecular flexibility index (Phi) is 10.7. The van der Waals surface area contributed by atoms with Gasteiger partial charge in [-0.25, -0.2) is 4.57 Å². The number of nitrogens with zero attached hydrogens (tertiary/aromatic N) is 3. The Hall–Kier alpha value is -4.99. The van der Waals surface area contributed by atoms with Gasteiger partial charge >= 0.3 is 6.18 Å². The van der Waals surface area contributed by atoms with E-state index < -0.39 is 18.1 Å². The molecule has 2 amide bonds. The van der Waals surface area contributed by atoms with Crippen LogP contribution in [0.2, 0.25) is 0 Å². The number of para-hydroxylation sites is 1. The van der Waals surface area contributed by atoms with E-state index in [0.29, 0.717) is 13.1 Å². The van der Waals surface area contributed by atoms with Crippen LogP contribution in [0.4, 0.5) is 18.9 Å². The third kappa shape index (κ3) is 8.78. The predicted octanol–water partition coefficient (Wildman–Crippen LogP) is 4.78. The standard InChI is InChI=1S/C33H34N3O2.C2HF3O2/c1-25(2)35(23-28-17-19-34(20-18-28)22-26-11-5-3-6-12-26)32(37)21-30-29-15-9-10-16-31(29)36(33(30)38)24-27-13-7-4-8-14-27;3-2(4,5)1(6)7/h3-20,25,30H,21-24H2,1-2H3;(H,6,7)/q+1;/p-1. The van der Waals surface area contributed by atoms with E-state index in [-0.39, 0.29) is 24.3 Å². The summed E-state index contributed by atoms with van der Waals surface area (Å²) in [5, 5.41) is 8.78. The zero-order chi connectivity index (χ0) is 32.6. The normalized spacial score (nSPS) is 14.0. The minimum absolute atomic E-state index is 0.00395. The van der Waals surface area contributed by atoms with Gasteiger partial charge in [-0.3, -0.25) is 9.59 Å². The smallest absolute Gasteiger partial charge is 0.430 e. The number of halogens is 3. The average Bonchev–Trinajstić information content (AvgIpc) is 3.27. The van der Waals surface area contributed by atoms with Gasteiger partial charge in [-0.15, -0.1) is 0 Å². The molecule has 234 valence electrons. The number of rotatable bonds is 9. The van der Waals surface area contributed by atoms with Crippen LogP contribution in [0.3, 0.4) is 0 Å². The van der Waals surface area contributed by atoms with Gasteiger partial charge in [-0.1, -0.05) is 78.9 Å². The number of carboxylic acid groups (broad SMARTS) is 1. The second-order valence-electron chi connectivity index (χ2n) is 11.0. The topological polar surface area (TPSA) is 84.6 Å². The van der Waals surface area contributed by atoms with Crippen molar-refractivity contribution in [3.05, 3.63) is 132 Å². The van der Waals surface area contributed by atoms with E-state index in [2.05, 4.69) is 41.2 Å². The highest BCUT2D eigenvalue weighted by atomic mass is 19.4. The average molecular weight is 618 g/mol. The number of hydrogen-bond acceptors (Lipinski definition) is 4. The zero-order valence-corrected chi connectivity index (χ0v) is 25.0. The number of aromatic nitrogens is 1. The Morgan fingerprint density at radius 2 is 1.38 bits per heavy atom. The fourth-order valence-corrected chi connectivity index (χ4v) is 5.13. The largest absolute Gasteiger partial charge is 0.542 e. The molecule has 1 aliphatic heterocycles. The van der Waals surface area contributed by atoms with Crippen LogP contribution in [-0.4, -0.2) is 34.9 Å². The lowest BCUT2D eigenvalue weighted by Gasteiger charge is -2.28. The summed E-state index contributed by atoms with van der Waals surface area (Å²) >= 11 is 0. The van der Waals surface area contributed by atoms with E-state index in [9.17, 15) is 22.8 Å². The van der Waals surface area contributed by atoms with E-state index in [1.54, 1.807) is 0 Å². The molecule has 1 atom stereocenters. The predicted molar refractivity (Wildman–Crippen MR) is 160 cm³/mol. The summed E-state index contributed by atoms with van der Waals surface area (Å²) in [4.78, 5) is 39.7. The lowest BCUT2D eigenvalue weighted by Crippen LogP contribution is -2.39. The van der Waals surface area contributed by atoms with Crippen LogP contribution in [0.15, 0.2) is 109 Å². The highest BCUT2D eigenvalue weighted by molar-refractivity contribution is 6.06. The zero-order valence-electron chi connectivity index (χ0n) is 25.0. The van der Waals surface area contributed by atoms with Crippen LogP contribution in [0, 0.1) is 0 Å². The molecule has 0 spiro atoms. The lowest BCUT2D eigenvalue weighted by atomic mass is 9.96. The summed E-state index contributed by atoms with van der Waals surface area (Å²) in [7, 11) is 0. The highest BCUT2D eigenvalue weighted by Crippen LogP contribution is 2.40.